The Bertz CT molecular complexity index is 1100. The second kappa shape index (κ2) is 6.43. The van der Waals surface area contributed by atoms with Gasteiger partial charge in [-0.2, -0.15) is 0 Å². The maximum absolute atomic E-state index is 12.9. The molecule has 1 saturated heterocycles. The number of rotatable bonds is 2. The molecule has 3 aliphatic heterocycles. The topological polar surface area (TPSA) is 72.9 Å². The number of carbonyl (C=O) groups is 1. The van der Waals surface area contributed by atoms with Gasteiger partial charge < -0.3 is 9.47 Å². The first-order chi connectivity index (χ1) is 13.4. The van der Waals surface area contributed by atoms with E-state index in [-0.39, 0.29) is 23.3 Å². The number of ether oxygens (including phenoxy) is 2. The second-order valence-electron chi connectivity index (χ2n) is 7.40. The van der Waals surface area contributed by atoms with E-state index in [9.17, 15) is 13.2 Å². The maximum atomic E-state index is 12.9. The molecule has 0 bridgehead atoms. The van der Waals surface area contributed by atoms with Crippen LogP contribution in [0.5, 0.6) is 11.5 Å². The van der Waals surface area contributed by atoms with Crippen molar-refractivity contribution in [2.45, 2.75) is 25.9 Å². The fourth-order valence-corrected chi connectivity index (χ4v) is 6.47. The third kappa shape index (κ3) is 2.96. The predicted octanol–water partition coefficient (Wildman–Crippen LogP) is 3.01. The molecule has 6 nitrogen and oxygen atoms in total. The van der Waals surface area contributed by atoms with Gasteiger partial charge in [-0.1, -0.05) is 6.07 Å². The Kier molecular flexibility index (Phi) is 4.12. The van der Waals surface area contributed by atoms with Crippen molar-refractivity contribution in [2.75, 3.05) is 18.2 Å². The van der Waals surface area contributed by atoms with E-state index in [1.165, 1.54) is 0 Å². The minimum Gasteiger partial charge on any atom is -0.477 e. The van der Waals surface area contributed by atoms with E-state index in [0.29, 0.717) is 36.8 Å². The molecule has 5 rings (SSSR count). The van der Waals surface area contributed by atoms with Crippen molar-refractivity contribution in [3.63, 3.8) is 0 Å². The highest BCUT2D eigenvalue weighted by Crippen LogP contribution is 2.43. The number of hydrogen-bond acceptors (Lipinski definition) is 7. The SMILES string of the molecule is Cc1c2c(cc3c1OC(=Cc1cccs1)C3=O)CN(C1CCS(=O)(=O)C1)CO2. The Morgan fingerprint density at radius 2 is 2.18 bits per heavy atom. The molecule has 1 aromatic carbocycles. The smallest absolute Gasteiger partial charge is 0.232 e. The molecule has 28 heavy (non-hydrogen) atoms. The van der Waals surface area contributed by atoms with Crippen LogP contribution in [0.15, 0.2) is 29.3 Å². The van der Waals surface area contributed by atoms with Gasteiger partial charge in [-0.15, -0.1) is 11.3 Å². The number of carbonyl (C=O) groups excluding carboxylic acids is 1. The van der Waals surface area contributed by atoms with Gasteiger partial charge in [-0.05, 0) is 30.9 Å². The van der Waals surface area contributed by atoms with E-state index in [4.69, 9.17) is 9.47 Å². The van der Waals surface area contributed by atoms with Crippen molar-refractivity contribution in [3.05, 3.63) is 50.9 Å². The van der Waals surface area contributed by atoms with Crippen LogP contribution < -0.4 is 9.47 Å². The molecule has 1 unspecified atom stereocenters. The van der Waals surface area contributed by atoms with Gasteiger partial charge in [0.25, 0.3) is 0 Å². The first-order valence-electron chi connectivity index (χ1n) is 9.13. The number of thiophene rings is 1. The number of sulfone groups is 1. The van der Waals surface area contributed by atoms with Gasteiger partial charge >= 0.3 is 0 Å². The highest BCUT2D eigenvalue weighted by atomic mass is 32.2. The van der Waals surface area contributed by atoms with Crippen LogP contribution in [0.2, 0.25) is 0 Å². The van der Waals surface area contributed by atoms with Gasteiger partial charge in [0.1, 0.15) is 18.2 Å². The number of fused-ring (bicyclic) bond motifs is 2. The second-order valence-corrected chi connectivity index (χ2v) is 10.6. The lowest BCUT2D eigenvalue weighted by atomic mass is 9.99. The molecule has 0 aliphatic carbocycles. The molecule has 3 aliphatic rings. The van der Waals surface area contributed by atoms with Crippen LogP contribution in [0, 0.1) is 6.92 Å². The van der Waals surface area contributed by atoms with Gasteiger partial charge in [-0.25, -0.2) is 8.42 Å². The zero-order valence-corrected chi connectivity index (χ0v) is 16.9. The number of nitrogens with zero attached hydrogens (tertiary/aromatic N) is 1. The van der Waals surface area contributed by atoms with E-state index in [1.807, 2.05) is 35.4 Å². The quantitative estimate of drug-likeness (QED) is 0.700. The Hall–Kier alpha value is -2.16. The molecule has 0 saturated carbocycles. The lowest BCUT2D eigenvalue weighted by Crippen LogP contribution is -2.41. The summed E-state index contributed by atoms with van der Waals surface area (Å²) in [6.45, 7) is 2.81. The standard InChI is InChI=1S/C20H19NO5S2/c1-12-19-13(9-21(11-25-19)14-4-6-28(23,24)10-14)7-16-18(22)17(26-20(12)16)8-15-3-2-5-27-15/h2-3,5,7-8,14H,4,6,9-11H2,1H3. The van der Waals surface area contributed by atoms with Gasteiger partial charge in [-0.3, -0.25) is 9.69 Å². The van der Waals surface area contributed by atoms with Gasteiger partial charge in [0.2, 0.25) is 5.78 Å². The normalized spacial score (nSPS) is 24.7. The number of allylic oxidation sites excluding steroid dienone is 1. The highest BCUT2D eigenvalue weighted by molar-refractivity contribution is 7.91. The van der Waals surface area contributed by atoms with E-state index in [2.05, 4.69) is 0 Å². The van der Waals surface area contributed by atoms with Crippen LogP contribution in [0.4, 0.5) is 0 Å². The van der Waals surface area contributed by atoms with Crippen molar-refractivity contribution in [3.8, 4) is 11.5 Å². The lowest BCUT2D eigenvalue weighted by Gasteiger charge is -2.33. The fraction of sp³-hybridized carbons (Fsp3) is 0.350. The molecule has 0 radical (unpaired) electrons. The third-order valence-electron chi connectivity index (χ3n) is 5.51. The molecule has 8 heteroatoms. The fourth-order valence-electron chi connectivity index (χ4n) is 4.07. The molecule has 2 aromatic rings. The Balaban J connectivity index is 1.46. The summed E-state index contributed by atoms with van der Waals surface area (Å²) in [7, 11) is -2.96. The molecule has 0 N–H and O–H groups in total. The number of Topliss-reactive ketones (excluding diaryl/α,β-unsaturated/α-hetero) is 1. The summed E-state index contributed by atoms with van der Waals surface area (Å²) in [5.74, 6) is 1.89. The monoisotopic (exact) mass is 417 g/mol. The minimum absolute atomic E-state index is 0.0343. The minimum atomic E-state index is -2.96. The molecule has 0 amide bonds. The van der Waals surface area contributed by atoms with Crippen molar-refractivity contribution in [1.82, 2.24) is 4.90 Å². The van der Waals surface area contributed by atoms with E-state index in [1.54, 1.807) is 17.4 Å². The van der Waals surface area contributed by atoms with Crippen LogP contribution in [0.1, 0.15) is 32.8 Å². The van der Waals surface area contributed by atoms with Crippen LogP contribution in [0.25, 0.3) is 6.08 Å². The van der Waals surface area contributed by atoms with Crippen molar-refractivity contribution in [2.24, 2.45) is 0 Å². The number of ketones is 1. The summed E-state index contributed by atoms with van der Waals surface area (Å²) in [4.78, 5) is 15.9. The summed E-state index contributed by atoms with van der Waals surface area (Å²) >= 11 is 1.55. The largest absolute Gasteiger partial charge is 0.477 e. The highest BCUT2D eigenvalue weighted by Gasteiger charge is 2.37. The third-order valence-corrected chi connectivity index (χ3v) is 8.08. The molecule has 1 aromatic heterocycles. The number of hydrogen-bond donors (Lipinski definition) is 0. The Labute approximate surface area is 167 Å². The average Bonchev–Trinajstić information content (AvgIpc) is 3.37. The summed E-state index contributed by atoms with van der Waals surface area (Å²) < 4.78 is 35.5. The molecule has 1 atom stereocenters. The maximum Gasteiger partial charge on any atom is 0.232 e. The summed E-state index contributed by atoms with van der Waals surface area (Å²) in [5, 5.41) is 1.95. The van der Waals surface area contributed by atoms with Crippen molar-refractivity contribution < 1.29 is 22.7 Å². The molecule has 0 spiro atoms. The zero-order valence-electron chi connectivity index (χ0n) is 15.3. The molecular weight excluding hydrogens is 398 g/mol. The van der Waals surface area contributed by atoms with Crippen LogP contribution in [-0.4, -0.2) is 43.4 Å². The van der Waals surface area contributed by atoms with E-state index in [0.717, 1.165) is 21.8 Å². The molecule has 1 fully saturated rings. The van der Waals surface area contributed by atoms with Crippen molar-refractivity contribution >= 4 is 33.0 Å². The molecule has 4 heterocycles. The van der Waals surface area contributed by atoms with Gasteiger partial charge in [0, 0.05) is 34.7 Å². The summed E-state index contributed by atoms with van der Waals surface area (Å²) in [6, 6.07) is 5.67. The molecule has 146 valence electrons. The van der Waals surface area contributed by atoms with E-state index >= 15 is 0 Å². The average molecular weight is 418 g/mol. The predicted molar refractivity (Wildman–Crippen MR) is 107 cm³/mol. The Morgan fingerprint density at radius 1 is 1.32 bits per heavy atom. The van der Waals surface area contributed by atoms with Crippen LogP contribution in [-0.2, 0) is 16.4 Å². The first-order valence-corrected chi connectivity index (χ1v) is 11.8. The summed E-state index contributed by atoms with van der Waals surface area (Å²) in [5.41, 5.74) is 2.26. The Morgan fingerprint density at radius 3 is 2.89 bits per heavy atom. The lowest BCUT2D eigenvalue weighted by molar-refractivity contribution is 0.0637. The molecular formula is C20H19NO5S2. The summed E-state index contributed by atoms with van der Waals surface area (Å²) in [6.07, 6.45) is 2.39. The number of benzene rings is 1. The zero-order chi connectivity index (χ0) is 19.5. The van der Waals surface area contributed by atoms with Crippen LogP contribution >= 0.6 is 11.3 Å². The van der Waals surface area contributed by atoms with E-state index < -0.39 is 9.84 Å². The van der Waals surface area contributed by atoms with Crippen LogP contribution in [0.3, 0.4) is 0 Å². The van der Waals surface area contributed by atoms with Crippen molar-refractivity contribution in [1.29, 1.82) is 0 Å². The van der Waals surface area contributed by atoms with Gasteiger partial charge in [0.15, 0.2) is 15.6 Å². The first kappa shape index (κ1) is 17.9. The van der Waals surface area contributed by atoms with Gasteiger partial charge in [0.05, 0.1) is 17.1 Å².